The van der Waals surface area contributed by atoms with E-state index in [4.69, 9.17) is 16.0 Å². The zero-order chi connectivity index (χ0) is 13.3. The molecule has 0 bridgehead atoms. The van der Waals surface area contributed by atoms with E-state index in [1.807, 2.05) is 24.3 Å². The second kappa shape index (κ2) is 4.89. The Hall–Kier alpha value is -1.48. The Balaban J connectivity index is 1.67. The summed E-state index contributed by atoms with van der Waals surface area (Å²) in [6.07, 6.45) is 3.27. The molecule has 1 N–H and O–H groups in total. The number of hydrogen-bond donors (Lipinski definition) is 1. The van der Waals surface area contributed by atoms with Gasteiger partial charge in [-0.05, 0) is 36.8 Å². The molecule has 0 unspecified atom stereocenters. The molecule has 1 heterocycles. The lowest BCUT2D eigenvalue weighted by Gasteiger charge is -2.13. The van der Waals surface area contributed by atoms with Crippen LogP contribution in [0.15, 0.2) is 34.7 Å². The highest BCUT2D eigenvalue weighted by atomic mass is 35.5. The van der Waals surface area contributed by atoms with Crippen LogP contribution in [0.25, 0.3) is 11.0 Å². The number of carbonyl (C=O) groups is 1. The van der Waals surface area contributed by atoms with Gasteiger partial charge in [-0.15, -0.1) is 11.6 Å². The summed E-state index contributed by atoms with van der Waals surface area (Å²) < 4.78 is 5.54. The van der Waals surface area contributed by atoms with Gasteiger partial charge in [-0.1, -0.05) is 18.2 Å². The molecule has 1 fully saturated rings. The topological polar surface area (TPSA) is 42.2 Å². The summed E-state index contributed by atoms with van der Waals surface area (Å²) >= 11 is 5.78. The van der Waals surface area contributed by atoms with Crippen LogP contribution in [0.4, 0.5) is 0 Å². The molecule has 1 aromatic heterocycles. The molecule has 1 aliphatic carbocycles. The number of hydrogen-bond acceptors (Lipinski definition) is 2. The number of halogens is 1. The van der Waals surface area contributed by atoms with Gasteiger partial charge in [0.25, 0.3) is 5.91 Å². The molecule has 0 saturated heterocycles. The van der Waals surface area contributed by atoms with Crippen molar-refractivity contribution in [1.82, 2.24) is 5.32 Å². The van der Waals surface area contributed by atoms with Gasteiger partial charge in [0.15, 0.2) is 5.76 Å². The first-order valence-corrected chi connectivity index (χ1v) is 7.09. The van der Waals surface area contributed by atoms with Crippen molar-refractivity contribution in [2.24, 2.45) is 5.41 Å². The van der Waals surface area contributed by atoms with E-state index in [0.717, 1.165) is 30.2 Å². The number of furan rings is 1. The SMILES string of the molecule is O=C(NCC1(CCCl)CC1)c1cc2ccccc2o1. The van der Waals surface area contributed by atoms with Crippen LogP contribution in [0, 0.1) is 5.41 Å². The van der Waals surface area contributed by atoms with Crippen LogP contribution in [0.1, 0.15) is 29.8 Å². The molecule has 0 spiro atoms. The first-order valence-electron chi connectivity index (χ1n) is 6.55. The highest BCUT2D eigenvalue weighted by Gasteiger charge is 2.41. The number of rotatable bonds is 5. The number of alkyl halides is 1. The van der Waals surface area contributed by atoms with E-state index < -0.39 is 0 Å². The lowest BCUT2D eigenvalue weighted by Crippen LogP contribution is -2.30. The van der Waals surface area contributed by atoms with Crippen molar-refractivity contribution in [3.05, 3.63) is 36.1 Å². The van der Waals surface area contributed by atoms with Crippen LogP contribution in [-0.4, -0.2) is 18.3 Å². The van der Waals surface area contributed by atoms with Gasteiger partial charge in [0.2, 0.25) is 0 Å². The average molecular weight is 278 g/mol. The number of carbonyl (C=O) groups excluding carboxylic acids is 1. The normalized spacial score (nSPS) is 16.5. The summed E-state index contributed by atoms with van der Waals surface area (Å²) in [6, 6.07) is 9.41. The van der Waals surface area contributed by atoms with E-state index in [2.05, 4.69) is 5.32 Å². The average Bonchev–Trinajstić information content (AvgIpc) is 3.04. The lowest BCUT2D eigenvalue weighted by molar-refractivity contribution is 0.0919. The molecular formula is C15H16ClNO2. The van der Waals surface area contributed by atoms with Crippen LogP contribution in [0.2, 0.25) is 0 Å². The quantitative estimate of drug-likeness (QED) is 0.849. The van der Waals surface area contributed by atoms with E-state index in [1.165, 1.54) is 0 Å². The molecule has 3 rings (SSSR count). The third-order valence-electron chi connectivity index (χ3n) is 3.86. The molecule has 1 saturated carbocycles. The van der Waals surface area contributed by atoms with Crippen LogP contribution >= 0.6 is 11.6 Å². The maximum Gasteiger partial charge on any atom is 0.287 e. The van der Waals surface area contributed by atoms with Gasteiger partial charge in [0, 0.05) is 17.8 Å². The maximum absolute atomic E-state index is 12.1. The Morgan fingerprint density at radius 2 is 2.16 bits per heavy atom. The van der Waals surface area contributed by atoms with Crippen molar-refractivity contribution < 1.29 is 9.21 Å². The summed E-state index contributed by atoms with van der Waals surface area (Å²) in [6.45, 7) is 0.690. The molecule has 1 amide bonds. The van der Waals surface area contributed by atoms with Gasteiger partial charge in [0.05, 0.1) is 0 Å². The van der Waals surface area contributed by atoms with Crippen molar-refractivity contribution in [1.29, 1.82) is 0 Å². The Morgan fingerprint density at radius 1 is 1.37 bits per heavy atom. The molecule has 100 valence electrons. The fraction of sp³-hybridized carbons (Fsp3) is 0.400. The van der Waals surface area contributed by atoms with Crippen molar-refractivity contribution in [2.75, 3.05) is 12.4 Å². The lowest BCUT2D eigenvalue weighted by atomic mass is 10.0. The number of benzene rings is 1. The monoisotopic (exact) mass is 277 g/mol. The van der Waals surface area contributed by atoms with Crippen LogP contribution < -0.4 is 5.32 Å². The zero-order valence-corrected chi connectivity index (χ0v) is 11.4. The first kappa shape index (κ1) is 12.5. The number of nitrogens with one attached hydrogen (secondary N) is 1. The summed E-state index contributed by atoms with van der Waals surface area (Å²) in [5, 5.41) is 3.91. The molecule has 1 aromatic carbocycles. The van der Waals surface area contributed by atoms with E-state index >= 15 is 0 Å². The highest BCUT2D eigenvalue weighted by Crippen LogP contribution is 2.48. The maximum atomic E-state index is 12.1. The van der Waals surface area contributed by atoms with Crippen LogP contribution in [0.3, 0.4) is 0 Å². The summed E-state index contributed by atoms with van der Waals surface area (Å²) in [4.78, 5) is 12.1. The fourth-order valence-electron chi connectivity index (χ4n) is 2.34. The first-order chi connectivity index (χ1) is 9.22. The number of fused-ring (bicyclic) bond motifs is 1. The fourth-order valence-corrected chi connectivity index (χ4v) is 2.74. The Labute approximate surface area is 116 Å². The van der Waals surface area contributed by atoms with E-state index in [0.29, 0.717) is 18.2 Å². The molecule has 0 aliphatic heterocycles. The third-order valence-corrected chi connectivity index (χ3v) is 4.04. The minimum atomic E-state index is -0.142. The van der Waals surface area contributed by atoms with Crippen LogP contribution in [-0.2, 0) is 0 Å². The third kappa shape index (κ3) is 2.61. The largest absolute Gasteiger partial charge is 0.451 e. The highest BCUT2D eigenvalue weighted by molar-refractivity contribution is 6.17. The van der Waals surface area contributed by atoms with Gasteiger partial charge >= 0.3 is 0 Å². The zero-order valence-electron chi connectivity index (χ0n) is 10.6. The van der Waals surface area contributed by atoms with Gasteiger partial charge in [-0.25, -0.2) is 0 Å². The molecule has 3 nitrogen and oxygen atoms in total. The molecule has 4 heteroatoms. The smallest absolute Gasteiger partial charge is 0.287 e. The predicted molar refractivity (Wildman–Crippen MR) is 75.6 cm³/mol. The molecule has 1 aliphatic rings. The minimum absolute atomic E-state index is 0.142. The molecule has 2 aromatic rings. The van der Waals surface area contributed by atoms with E-state index in [-0.39, 0.29) is 11.3 Å². The summed E-state index contributed by atoms with van der Waals surface area (Å²) in [5.41, 5.74) is 0.984. The van der Waals surface area contributed by atoms with Crippen molar-refractivity contribution in [2.45, 2.75) is 19.3 Å². The number of amides is 1. The van der Waals surface area contributed by atoms with Gasteiger partial charge in [-0.2, -0.15) is 0 Å². The van der Waals surface area contributed by atoms with Crippen molar-refractivity contribution in [3.63, 3.8) is 0 Å². The molecule has 0 atom stereocenters. The predicted octanol–water partition coefficient (Wildman–Crippen LogP) is 3.57. The molecule has 0 radical (unpaired) electrons. The minimum Gasteiger partial charge on any atom is -0.451 e. The van der Waals surface area contributed by atoms with Crippen molar-refractivity contribution in [3.8, 4) is 0 Å². The van der Waals surface area contributed by atoms with Crippen LogP contribution in [0.5, 0.6) is 0 Å². The van der Waals surface area contributed by atoms with Gasteiger partial charge in [0.1, 0.15) is 5.58 Å². The molecule has 19 heavy (non-hydrogen) atoms. The standard InChI is InChI=1S/C15H16ClNO2/c16-8-7-15(5-6-15)10-17-14(18)13-9-11-3-1-2-4-12(11)19-13/h1-4,9H,5-8,10H2,(H,17,18). The second-order valence-corrected chi connectivity index (χ2v) is 5.65. The Kier molecular flexibility index (Phi) is 3.23. The summed E-state index contributed by atoms with van der Waals surface area (Å²) in [5.74, 6) is 0.889. The van der Waals surface area contributed by atoms with Gasteiger partial charge < -0.3 is 9.73 Å². The van der Waals surface area contributed by atoms with Gasteiger partial charge in [-0.3, -0.25) is 4.79 Å². The number of para-hydroxylation sites is 1. The second-order valence-electron chi connectivity index (χ2n) is 5.27. The molecular weight excluding hydrogens is 262 g/mol. The Bertz CT molecular complexity index is 568. The van der Waals surface area contributed by atoms with Crippen molar-refractivity contribution >= 4 is 28.5 Å². The Morgan fingerprint density at radius 3 is 2.84 bits per heavy atom. The van der Waals surface area contributed by atoms with E-state index in [9.17, 15) is 4.79 Å². The van der Waals surface area contributed by atoms with E-state index in [1.54, 1.807) is 6.07 Å². The summed E-state index contributed by atoms with van der Waals surface area (Å²) in [7, 11) is 0.